The minimum atomic E-state index is -1.35. The molecule has 0 amide bonds. The molecule has 3 N–H and O–H groups in total. The summed E-state index contributed by atoms with van der Waals surface area (Å²) in [5, 5.41) is 7.92. The summed E-state index contributed by atoms with van der Waals surface area (Å²) in [7, 11) is 0.204. The monoisotopic (exact) mass is 223 g/mol. The predicted octanol–water partition coefficient (Wildman–Crippen LogP) is -0.426. The van der Waals surface area contributed by atoms with E-state index in [1.54, 1.807) is 7.11 Å². The number of carboxylic acid groups (broad SMARTS) is 1. The van der Waals surface area contributed by atoms with Crippen LogP contribution in [0.1, 0.15) is 12.8 Å². The largest absolute Gasteiger partial charge is 0.480 e. The maximum atomic E-state index is 11.5. The first-order chi connectivity index (χ1) is 6.63. The molecule has 0 aliphatic heterocycles. The minimum Gasteiger partial charge on any atom is -0.480 e. The summed E-state index contributed by atoms with van der Waals surface area (Å²) in [6.07, 6.45) is 0.867. The Bertz CT molecular complexity index is 198. The third-order valence-corrected chi connectivity index (χ3v) is 3.48. The molecular weight excluding hydrogens is 206 g/mol. The van der Waals surface area contributed by atoms with E-state index < -0.39 is 22.0 Å². The quantitative estimate of drug-likeness (QED) is 0.545. The van der Waals surface area contributed by atoms with E-state index in [2.05, 4.69) is 0 Å². The molecule has 84 valence electrons. The van der Waals surface area contributed by atoms with Crippen LogP contribution in [0.3, 0.4) is 0 Å². The third-order valence-electron chi connectivity index (χ3n) is 1.72. The number of carboxylic acids is 1. The summed E-state index contributed by atoms with van der Waals surface area (Å²) in [5.74, 6) is -0.684. The van der Waals surface area contributed by atoms with E-state index in [0.717, 1.165) is 0 Å². The Morgan fingerprint density at radius 1 is 1.64 bits per heavy atom. The number of hydrogen-bond donors (Lipinski definition) is 2. The van der Waals surface area contributed by atoms with E-state index in [0.29, 0.717) is 18.8 Å². The van der Waals surface area contributed by atoms with Crippen molar-refractivity contribution < 1.29 is 18.8 Å². The first kappa shape index (κ1) is 13.5. The highest BCUT2D eigenvalue weighted by Gasteiger charge is 2.22. The lowest BCUT2D eigenvalue weighted by Crippen LogP contribution is -2.30. The molecule has 0 aromatic heterocycles. The number of hydrogen-bond acceptors (Lipinski definition) is 4. The number of nitrogens with two attached hydrogens (primary N) is 1. The standard InChI is InChI=1S/C8H17NO4S/c1-13-5-2-6-14(12)7(3-4-9)8(10)11/h7H,2-6,9H2,1H3,(H,10,11). The molecule has 6 heteroatoms. The Balaban J connectivity index is 3.96. The lowest BCUT2D eigenvalue weighted by molar-refractivity contribution is -0.136. The van der Waals surface area contributed by atoms with Gasteiger partial charge in [-0.2, -0.15) is 0 Å². The van der Waals surface area contributed by atoms with Crippen LogP contribution in [-0.2, 0) is 20.3 Å². The highest BCUT2D eigenvalue weighted by atomic mass is 32.2. The predicted molar refractivity (Wildman–Crippen MR) is 54.6 cm³/mol. The van der Waals surface area contributed by atoms with Gasteiger partial charge in [0.1, 0.15) is 5.25 Å². The van der Waals surface area contributed by atoms with Crippen molar-refractivity contribution in [2.45, 2.75) is 18.1 Å². The summed E-state index contributed by atoms with van der Waals surface area (Å²) >= 11 is 0. The number of ether oxygens (including phenoxy) is 1. The maximum absolute atomic E-state index is 11.5. The fourth-order valence-electron chi connectivity index (χ4n) is 1.01. The Kier molecular flexibility index (Phi) is 7.64. The lowest BCUT2D eigenvalue weighted by Gasteiger charge is -2.10. The molecule has 0 heterocycles. The SMILES string of the molecule is COCCCS(=O)C(CCN)C(=O)O. The fraction of sp³-hybridized carbons (Fsp3) is 0.875. The number of methoxy groups -OCH3 is 1. The van der Waals surface area contributed by atoms with Crippen LogP contribution >= 0.6 is 0 Å². The second-order valence-corrected chi connectivity index (χ2v) is 4.57. The van der Waals surface area contributed by atoms with Crippen molar-refractivity contribution in [2.24, 2.45) is 5.73 Å². The van der Waals surface area contributed by atoms with Crippen LogP contribution in [0.4, 0.5) is 0 Å². The fourth-order valence-corrected chi connectivity index (χ4v) is 2.32. The summed E-state index contributed by atoms with van der Waals surface area (Å²) in [6, 6.07) is 0. The molecule has 5 nitrogen and oxygen atoms in total. The van der Waals surface area contributed by atoms with Gasteiger partial charge in [0.05, 0.1) is 0 Å². The first-order valence-electron chi connectivity index (χ1n) is 4.42. The molecule has 0 aliphatic carbocycles. The van der Waals surface area contributed by atoms with Crippen LogP contribution in [0.15, 0.2) is 0 Å². The maximum Gasteiger partial charge on any atom is 0.319 e. The molecular formula is C8H17NO4S. The first-order valence-corrected chi connectivity index (χ1v) is 5.80. The van der Waals surface area contributed by atoms with Crippen LogP contribution < -0.4 is 5.73 Å². The topological polar surface area (TPSA) is 89.6 Å². The van der Waals surface area contributed by atoms with Crippen molar-refractivity contribution >= 4 is 16.8 Å². The molecule has 0 rings (SSSR count). The van der Waals surface area contributed by atoms with Crippen LogP contribution in [0, 0.1) is 0 Å². The van der Waals surface area contributed by atoms with Crippen LogP contribution in [0.5, 0.6) is 0 Å². The smallest absolute Gasteiger partial charge is 0.319 e. The van der Waals surface area contributed by atoms with E-state index in [1.165, 1.54) is 0 Å². The number of rotatable bonds is 8. The second-order valence-electron chi connectivity index (χ2n) is 2.84. The van der Waals surface area contributed by atoms with Gasteiger partial charge in [0, 0.05) is 30.3 Å². The molecule has 0 saturated heterocycles. The van der Waals surface area contributed by atoms with Gasteiger partial charge >= 0.3 is 5.97 Å². The van der Waals surface area contributed by atoms with E-state index in [-0.39, 0.29) is 13.0 Å². The lowest BCUT2D eigenvalue weighted by atomic mass is 10.3. The zero-order valence-corrected chi connectivity index (χ0v) is 9.09. The van der Waals surface area contributed by atoms with Crippen molar-refractivity contribution in [3.8, 4) is 0 Å². The number of aliphatic carboxylic acids is 1. The summed E-state index contributed by atoms with van der Waals surface area (Å²) in [5.41, 5.74) is 5.24. The molecule has 0 radical (unpaired) electrons. The third kappa shape index (κ3) is 5.31. The average Bonchev–Trinajstić information content (AvgIpc) is 2.13. The highest BCUT2D eigenvalue weighted by molar-refractivity contribution is 7.86. The van der Waals surface area contributed by atoms with Crippen molar-refractivity contribution in [2.75, 3.05) is 26.0 Å². The van der Waals surface area contributed by atoms with Crippen LogP contribution in [-0.4, -0.2) is 46.5 Å². The van der Waals surface area contributed by atoms with Crippen molar-refractivity contribution in [3.05, 3.63) is 0 Å². The molecule has 0 spiro atoms. The van der Waals surface area contributed by atoms with Gasteiger partial charge in [0.25, 0.3) is 0 Å². The van der Waals surface area contributed by atoms with Crippen molar-refractivity contribution in [3.63, 3.8) is 0 Å². The summed E-state index contributed by atoms with van der Waals surface area (Å²) < 4.78 is 16.3. The molecule has 2 unspecified atom stereocenters. The van der Waals surface area contributed by atoms with E-state index in [4.69, 9.17) is 15.6 Å². The van der Waals surface area contributed by atoms with Gasteiger partial charge in [-0.25, -0.2) is 0 Å². The Hall–Kier alpha value is -0.460. The minimum absolute atomic E-state index is 0.243. The molecule has 14 heavy (non-hydrogen) atoms. The molecule has 2 atom stereocenters. The molecule has 0 fully saturated rings. The van der Waals surface area contributed by atoms with Crippen LogP contribution in [0.2, 0.25) is 0 Å². The Morgan fingerprint density at radius 3 is 2.71 bits per heavy atom. The van der Waals surface area contributed by atoms with Gasteiger partial charge in [0.2, 0.25) is 0 Å². The van der Waals surface area contributed by atoms with Gasteiger partial charge in [-0.1, -0.05) is 0 Å². The van der Waals surface area contributed by atoms with Gasteiger partial charge in [-0.05, 0) is 19.4 Å². The second kappa shape index (κ2) is 7.90. The average molecular weight is 223 g/mol. The molecule has 0 saturated carbocycles. The van der Waals surface area contributed by atoms with Crippen LogP contribution in [0.25, 0.3) is 0 Å². The molecule has 0 aromatic rings. The van der Waals surface area contributed by atoms with Gasteiger partial charge in [-0.15, -0.1) is 0 Å². The van der Waals surface area contributed by atoms with Gasteiger partial charge < -0.3 is 15.6 Å². The highest BCUT2D eigenvalue weighted by Crippen LogP contribution is 2.03. The normalized spacial score (nSPS) is 15.0. The van der Waals surface area contributed by atoms with Crippen molar-refractivity contribution in [1.82, 2.24) is 0 Å². The summed E-state index contributed by atoms with van der Waals surface area (Å²) in [4.78, 5) is 10.7. The van der Waals surface area contributed by atoms with E-state index in [1.807, 2.05) is 0 Å². The summed E-state index contributed by atoms with van der Waals surface area (Å²) in [6.45, 7) is 0.744. The Morgan fingerprint density at radius 2 is 2.29 bits per heavy atom. The number of carbonyl (C=O) groups is 1. The molecule has 0 aliphatic rings. The molecule has 0 aromatic carbocycles. The zero-order chi connectivity index (χ0) is 11.0. The Labute approximate surface area is 86.1 Å². The zero-order valence-electron chi connectivity index (χ0n) is 8.27. The van der Waals surface area contributed by atoms with Crippen molar-refractivity contribution in [1.29, 1.82) is 0 Å². The van der Waals surface area contributed by atoms with E-state index >= 15 is 0 Å². The van der Waals surface area contributed by atoms with Gasteiger partial charge in [-0.3, -0.25) is 9.00 Å². The van der Waals surface area contributed by atoms with E-state index in [9.17, 15) is 9.00 Å². The molecule has 0 bridgehead atoms. The van der Waals surface area contributed by atoms with Gasteiger partial charge in [0.15, 0.2) is 0 Å².